The van der Waals surface area contributed by atoms with Gasteiger partial charge in [-0.25, -0.2) is 0 Å². The molecule has 0 atom stereocenters. The van der Waals surface area contributed by atoms with Gasteiger partial charge in [0.2, 0.25) is 5.91 Å². The summed E-state index contributed by atoms with van der Waals surface area (Å²) in [6.45, 7) is 6.82. The molecular formula is C13H17NO3. The molecule has 1 aromatic carbocycles. The molecule has 0 unspecified atom stereocenters. The van der Waals surface area contributed by atoms with E-state index in [0.717, 1.165) is 0 Å². The van der Waals surface area contributed by atoms with Gasteiger partial charge in [0.25, 0.3) is 0 Å². The lowest BCUT2D eigenvalue weighted by Gasteiger charge is -2.16. The van der Waals surface area contributed by atoms with Crippen LogP contribution in [0.2, 0.25) is 0 Å². The van der Waals surface area contributed by atoms with Gasteiger partial charge in [0, 0.05) is 12.6 Å². The van der Waals surface area contributed by atoms with Gasteiger partial charge < -0.3 is 10.1 Å². The third-order valence-electron chi connectivity index (χ3n) is 2.00. The summed E-state index contributed by atoms with van der Waals surface area (Å²) in [7, 11) is 0. The minimum absolute atomic E-state index is 0.135. The molecule has 0 spiro atoms. The smallest absolute Gasteiger partial charge is 0.316 e. The number of ether oxygens (including phenoxy) is 1. The van der Waals surface area contributed by atoms with Crippen LogP contribution in [0.5, 0.6) is 5.75 Å². The number of rotatable bonds is 2. The number of amides is 1. The van der Waals surface area contributed by atoms with E-state index in [2.05, 4.69) is 5.32 Å². The quantitative estimate of drug-likeness (QED) is 0.633. The fraction of sp³-hybridized carbons (Fsp3) is 0.385. The lowest BCUT2D eigenvalue weighted by Crippen LogP contribution is -2.25. The largest absolute Gasteiger partial charge is 0.426 e. The zero-order valence-electron chi connectivity index (χ0n) is 10.5. The molecule has 0 aliphatic carbocycles. The minimum atomic E-state index is -0.531. The van der Waals surface area contributed by atoms with Crippen LogP contribution in [0.4, 0.5) is 5.69 Å². The van der Waals surface area contributed by atoms with Crippen molar-refractivity contribution in [1.82, 2.24) is 0 Å². The maximum Gasteiger partial charge on any atom is 0.316 e. The summed E-state index contributed by atoms with van der Waals surface area (Å²) in [5, 5.41) is 2.64. The van der Waals surface area contributed by atoms with Crippen LogP contribution in [0.1, 0.15) is 27.7 Å². The predicted octanol–water partition coefficient (Wildman–Crippen LogP) is 2.60. The second-order valence-electron chi connectivity index (χ2n) is 4.85. The lowest BCUT2D eigenvalue weighted by atomic mass is 9.97. The molecule has 4 heteroatoms. The number of anilines is 1. The first kappa shape index (κ1) is 13.2. The van der Waals surface area contributed by atoms with E-state index in [-0.39, 0.29) is 11.9 Å². The van der Waals surface area contributed by atoms with E-state index in [4.69, 9.17) is 4.74 Å². The number of esters is 1. The van der Waals surface area contributed by atoms with E-state index in [1.165, 1.54) is 6.92 Å². The first-order valence-electron chi connectivity index (χ1n) is 5.39. The van der Waals surface area contributed by atoms with Crippen molar-refractivity contribution in [3.05, 3.63) is 24.3 Å². The molecule has 92 valence electrons. The van der Waals surface area contributed by atoms with Gasteiger partial charge in [-0.3, -0.25) is 9.59 Å². The van der Waals surface area contributed by atoms with Gasteiger partial charge >= 0.3 is 5.97 Å². The number of hydrogen-bond donors (Lipinski definition) is 1. The zero-order chi connectivity index (χ0) is 13.1. The van der Waals surface area contributed by atoms with Crippen molar-refractivity contribution in [3.8, 4) is 5.75 Å². The average Bonchev–Trinajstić information content (AvgIpc) is 2.18. The van der Waals surface area contributed by atoms with E-state index in [1.54, 1.807) is 45.0 Å². The van der Waals surface area contributed by atoms with Gasteiger partial charge in [0.1, 0.15) is 5.75 Å². The van der Waals surface area contributed by atoms with Crippen LogP contribution < -0.4 is 10.1 Å². The standard InChI is InChI=1S/C13H17NO3/c1-9(15)14-10-5-7-11(8-6-10)17-12(16)13(2,3)4/h5-8H,1-4H3,(H,14,15). The van der Waals surface area contributed by atoms with Crippen molar-refractivity contribution in [2.45, 2.75) is 27.7 Å². The van der Waals surface area contributed by atoms with E-state index < -0.39 is 5.41 Å². The summed E-state index contributed by atoms with van der Waals surface area (Å²) >= 11 is 0. The third-order valence-corrected chi connectivity index (χ3v) is 2.00. The molecule has 0 aromatic heterocycles. The van der Waals surface area contributed by atoms with Crippen molar-refractivity contribution in [3.63, 3.8) is 0 Å². The van der Waals surface area contributed by atoms with E-state index >= 15 is 0 Å². The molecule has 0 heterocycles. The summed E-state index contributed by atoms with van der Waals surface area (Å²) in [5.74, 6) is 0.0493. The Kier molecular flexibility index (Phi) is 3.89. The number of hydrogen-bond acceptors (Lipinski definition) is 3. The van der Waals surface area contributed by atoms with Crippen LogP contribution in [-0.2, 0) is 9.59 Å². The Balaban J connectivity index is 2.69. The summed E-state index contributed by atoms with van der Waals surface area (Å²) in [4.78, 5) is 22.4. The van der Waals surface area contributed by atoms with Crippen LogP contribution in [0.15, 0.2) is 24.3 Å². The number of carbonyl (C=O) groups excluding carboxylic acids is 2. The number of carbonyl (C=O) groups is 2. The Morgan fingerprint density at radius 1 is 1.12 bits per heavy atom. The highest BCUT2D eigenvalue weighted by Crippen LogP contribution is 2.20. The van der Waals surface area contributed by atoms with Gasteiger partial charge in [0.15, 0.2) is 0 Å². The molecule has 1 N–H and O–H groups in total. The summed E-state index contributed by atoms with van der Waals surface area (Å²) < 4.78 is 5.19. The highest BCUT2D eigenvalue weighted by Gasteiger charge is 2.23. The fourth-order valence-electron chi connectivity index (χ4n) is 1.07. The lowest BCUT2D eigenvalue weighted by molar-refractivity contribution is -0.143. The van der Waals surface area contributed by atoms with Crippen LogP contribution in [0.25, 0.3) is 0 Å². The first-order chi connectivity index (χ1) is 7.79. The van der Waals surface area contributed by atoms with Crippen molar-refractivity contribution in [1.29, 1.82) is 0 Å². The van der Waals surface area contributed by atoms with Gasteiger partial charge in [-0.1, -0.05) is 0 Å². The molecule has 0 fully saturated rings. The Morgan fingerprint density at radius 3 is 2.06 bits per heavy atom. The van der Waals surface area contributed by atoms with E-state index in [9.17, 15) is 9.59 Å². The average molecular weight is 235 g/mol. The molecule has 1 aromatic rings. The topological polar surface area (TPSA) is 55.4 Å². The Labute approximate surface area is 101 Å². The molecule has 0 saturated carbocycles. The maximum atomic E-state index is 11.6. The van der Waals surface area contributed by atoms with Crippen molar-refractivity contribution >= 4 is 17.6 Å². The molecule has 1 rings (SSSR count). The monoisotopic (exact) mass is 235 g/mol. The summed E-state index contributed by atoms with van der Waals surface area (Å²) in [6.07, 6.45) is 0. The third kappa shape index (κ3) is 4.26. The van der Waals surface area contributed by atoms with Gasteiger partial charge in [0.05, 0.1) is 5.41 Å². The van der Waals surface area contributed by atoms with Crippen LogP contribution in [0.3, 0.4) is 0 Å². The highest BCUT2D eigenvalue weighted by molar-refractivity contribution is 5.88. The predicted molar refractivity (Wildman–Crippen MR) is 65.8 cm³/mol. The molecular weight excluding hydrogens is 218 g/mol. The Bertz CT molecular complexity index is 415. The SMILES string of the molecule is CC(=O)Nc1ccc(OC(=O)C(C)(C)C)cc1. The van der Waals surface area contributed by atoms with Crippen molar-refractivity contribution < 1.29 is 14.3 Å². The zero-order valence-corrected chi connectivity index (χ0v) is 10.5. The first-order valence-corrected chi connectivity index (χ1v) is 5.39. The van der Waals surface area contributed by atoms with Crippen molar-refractivity contribution in [2.75, 3.05) is 5.32 Å². The van der Waals surface area contributed by atoms with Crippen LogP contribution in [0, 0.1) is 5.41 Å². The fourth-order valence-corrected chi connectivity index (χ4v) is 1.07. The normalized spacial score (nSPS) is 10.8. The van der Waals surface area contributed by atoms with Gasteiger partial charge in [-0.2, -0.15) is 0 Å². The minimum Gasteiger partial charge on any atom is -0.426 e. The molecule has 4 nitrogen and oxygen atoms in total. The summed E-state index contributed by atoms with van der Waals surface area (Å²) in [6, 6.07) is 6.67. The van der Waals surface area contributed by atoms with Crippen LogP contribution in [-0.4, -0.2) is 11.9 Å². The van der Waals surface area contributed by atoms with E-state index in [1.807, 2.05) is 0 Å². The molecule has 17 heavy (non-hydrogen) atoms. The highest BCUT2D eigenvalue weighted by atomic mass is 16.5. The van der Waals surface area contributed by atoms with E-state index in [0.29, 0.717) is 11.4 Å². The maximum absolute atomic E-state index is 11.6. The molecule has 0 aliphatic rings. The van der Waals surface area contributed by atoms with Gasteiger partial charge in [-0.15, -0.1) is 0 Å². The number of benzene rings is 1. The van der Waals surface area contributed by atoms with Crippen LogP contribution >= 0.6 is 0 Å². The van der Waals surface area contributed by atoms with Crippen molar-refractivity contribution in [2.24, 2.45) is 5.41 Å². The second kappa shape index (κ2) is 4.99. The Morgan fingerprint density at radius 2 is 1.65 bits per heavy atom. The Hall–Kier alpha value is -1.84. The molecule has 0 aliphatic heterocycles. The molecule has 0 radical (unpaired) electrons. The molecule has 1 amide bonds. The summed E-state index contributed by atoms with van der Waals surface area (Å²) in [5.41, 5.74) is 0.143. The number of nitrogens with one attached hydrogen (secondary N) is 1. The second-order valence-corrected chi connectivity index (χ2v) is 4.85. The van der Waals surface area contributed by atoms with Gasteiger partial charge in [-0.05, 0) is 45.0 Å². The molecule has 0 saturated heterocycles. The molecule has 0 bridgehead atoms.